The summed E-state index contributed by atoms with van der Waals surface area (Å²) in [6, 6.07) is 0. The molecule has 0 bridgehead atoms. The van der Waals surface area contributed by atoms with Crippen LogP contribution in [-0.2, 0) is 10.0 Å². The minimum Gasteiger partial charge on any atom is -0.212 e. The predicted molar refractivity (Wildman–Crippen MR) is 55.5 cm³/mol. The van der Waals surface area contributed by atoms with Crippen LogP contribution in [0.2, 0.25) is 0 Å². The molecule has 0 atom stereocenters. The molecule has 3 nitrogen and oxygen atoms in total. The van der Waals surface area contributed by atoms with Crippen LogP contribution in [0.1, 0.15) is 0 Å². The van der Waals surface area contributed by atoms with E-state index in [0.717, 1.165) is 5.75 Å². The molecule has 0 saturated heterocycles. The van der Waals surface area contributed by atoms with Crippen LogP contribution in [0.25, 0.3) is 0 Å². The Morgan fingerprint density at radius 3 is 2.50 bits per heavy atom. The third-order valence-corrected chi connectivity index (χ3v) is 4.28. The Labute approximate surface area is 83.5 Å². The fourth-order valence-electron chi connectivity index (χ4n) is 0.612. The van der Waals surface area contributed by atoms with E-state index in [2.05, 4.69) is 0 Å². The molecule has 0 saturated carbocycles. The van der Waals surface area contributed by atoms with Crippen molar-refractivity contribution in [3.8, 4) is 0 Å². The molecule has 0 radical (unpaired) electrons. The molecule has 0 amide bonds. The van der Waals surface area contributed by atoms with Crippen molar-refractivity contribution in [2.24, 2.45) is 0 Å². The zero-order valence-corrected chi connectivity index (χ0v) is 9.68. The van der Waals surface area contributed by atoms with Gasteiger partial charge in [-0.3, -0.25) is 0 Å². The lowest BCUT2D eigenvalue weighted by Gasteiger charge is -2.15. The number of hydrogen-bond donors (Lipinski definition) is 0. The Balaban J connectivity index is 3.98. The third kappa shape index (κ3) is 4.54. The number of sulfonamides is 1. The lowest BCUT2D eigenvalue weighted by Crippen LogP contribution is -2.31. The molecule has 0 rings (SSSR count). The third-order valence-electron chi connectivity index (χ3n) is 1.42. The van der Waals surface area contributed by atoms with Crippen molar-refractivity contribution in [3.63, 3.8) is 0 Å². The van der Waals surface area contributed by atoms with Gasteiger partial charge in [0.1, 0.15) is 0 Å². The topological polar surface area (TPSA) is 37.4 Å². The van der Waals surface area contributed by atoms with Crippen molar-refractivity contribution in [3.05, 3.63) is 0 Å². The van der Waals surface area contributed by atoms with Crippen molar-refractivity contribution in [2.45, 2.75) is 0 Å². The highest BCUT2D eigenvalue weighted by Gasteiger charge is 2.15. The maximum atomic E-state index is 11.3. The fraction of sp³-hybridized carbons (Fsp3) is 1.00. The van der Waals surface area contributed by atoms with Crippen molar-refractivity contribution >= 4 is 33.4 Å². The smallest absolute Gasteiger partial charge is 0.212 e. The van der Waals surface area contributed by atoms with E-state index < -0.39 is 10.0 Å². The molecule has 0 unspecified atom stereocenters. The summed E-state index contributed by atoms with van der Waals surface area (Å²) >= 11 is 6.98. The molecular weight excluding hydrogens is 218 g/mol. The van der Waals surface area contributed by atoms with E-state index in [1.807, 2.05) is 6.26 Å². The van der Waals surface area contributed by atoms with E-state index in [9.17, 15) is 8.42 Å². The summed E-state index contributed by atoms with van der Waals surface area (Å²) in [4.78, 5) is 0. The summed E-state index contributed by atoms with van der Waals surface area (Å²) in [6.45, 7) is 0.556. The monoisotopic (exact) mass is 231 g/mol. The van der Waals surface area contributed by atoms with Crippen LogP contribution in [0.5, 0.6) is 0 Å². The quantitative estimate of drug-likeness (QED) is 0.637. The zero-order chi connectivity index (χ0) is 9.61. The predicted octanol–water partition coefficient (Wildman–Crippen LogP) is 0.850. The van der Waals surface area contributed by atoms with Crippen molar-refractivity contribution in [2.75, 3.05) is 37.2 Å². The van der Waals surface area contributed by atoms with E-state index in [-0.39, 0.29) is 11.6 Å². The lowest BCUT2D eigenvalue weighted by molar-refractivity contribution is 0.490. The summed E-state index contributed by atoms with van der Waals surface area (Å²) in [5.41, 5.74) is 0. The van der Waals surface area contributed by atoms with Gasteiger partial charge in [-0.05, 0) is 6.26 Å². The molecule has 0 fully saturated rings. The Bertz CT molecular complexity index is 206. The van der Waals surface area contributed by atoms with E-state index in [0.29, 0.717) is 6.54 Å². The molecule has 0 N–H and O–H groups in total. The highest BCUT2D eigenvalue weighted by molar-refractivity contribution is 7.98. The zero-order valence-electron chi connectivity index (χ0n) is 7.29. The Morgan fingerprint density at radius 2 is 2.08 bits per heavy atom. The standard InChI is InChI=1S/C6H14ClNO2S2/c1-8(4-5-11-2)12(9,10)6-3-7/h3-6H2,1-2H3. The van der Waals surface area contributed by atoms with Crippen molar-refractivity contribution in [1.29, 1.82) is 0 Å². The summed E-state index contributed by atoms with van der Waals surface area (Å²) in [5.74, 6) is 1.00. The van der Waals surface area contributed by atoms with E-state index in [1.165, 1.54) is 4.31 Å². The fourth-order valence-corrected chi connectivity index (χ4v) is 2.65. The van der Waals surface area contributed by atoms with Gasteiger partial charge < -0.3 is 0 Å². The average molecular weight is 232 g/mol. The second-order valence-electron chi connectivity index (χ2n) is 2.32. The molecule has 0 aromatic rings. The number of rotatable bonds is 6. The molecule has 74 valence electrons. The molecule has 12 heavy (non-hydrogen) atoms. The molecular formula is C6H14ClNO2S2. The van der Waals surface area contributed by atoms with Crippen LogP contribution in [0, 0.1) is 0 Å². The number of nitrogens with zero attached hydrogens (tertiary/aromatic N) is 1. The average Bonchev–Trinajstić information content (AvgIpc) is 2.00. The van der Waals surface area contributed by atoms with Gasteiger partial charge in [0, 0.05) is 25.2 Å². The molecule has 0 spiro atoms. The summed E-state index contributed by atoms with van der Waals surface area (Å²) in [5, 5.41) is 0. The van der Waals surface area contributed by atoms with Gasteiger partial charge in [0.2, 0.25) is 10.0 Å². The maximum absolute atomic E-state index is 11.3. The summed E-state index contributed by atoms with van der Waals surface area (Å²) < 4.78 is 23.9. The van der Waals surface area contributed by atoms with E-state index in [4.69, 9.17) is 11.6 Å². The molecule has 6 heteroatoms. The highest BCUT2D eigenvalue weighted by atomic mass is 35.5. The Morgan fingerprint density at radius 1 is 1.50 bits per heavy atom. The van der Waals surface area contributed by atoms with Gasteiger partial charge in [0.15, 0.2) is 0 Å². The Hall–Kier alpha value is 0.550. The largest absolute Gasteiger partial charge is 0.215 e. The van der Waals surface area contributed by atoms with Gasteiger partial charge in [-0.15, -0.1) is 11.6 Å². The van der Waals surface area contributed by atoms with E-state index >= 15 is 0 Å². The minimum atomic E-state index is -3.09. The van der Waals surface area contributed by atoms with Gasteiger partial charge in [-0.2, -0.15) is 11.8 Å². The summed E-state index contributed by atoms with van der Waals surface area (Å²) in [6.07, 6.45) is 1.95. The van der Waals surface area contributed by atoms with Crippen molar-refractivity contribution < 1.29 is 8.42 Å². The molecule has 0 aliphatic carbocycles. The summed E-state index contributed by atoms with van der Waals surface area (Å²) in [7, 11) is -1.51. The second kappa shape index (κ2) is 6.07. The number of halogens is 1. The van der Waals surface area contributed by atoms with Crippen LogP contribution < -0.4 is 0 Å². The first-order valence-corrected chi connectivity index (χ1v) is 7.07. The first-order valence-electron chi connectivity index (χ1n) is 3.53. The normalized spacial score (nSPS) is 12.3. The highest BCUT2D eigenvalue weighted by Crippen LogP contribution is 2.01. The van der Waals surface area contributed by atoms with Gasteiger partial charge in [-0.25, -0.2) is 12.7 Å². The van der Waals surface area contributed by atoms with E-state index in [1.54, 1.807) is 18.8 Å². The van der Waals surface area contributed by atoms with Crippen LogP contribution >= 0.6 is 23.4 Å². The number of hydrogen-bond acceptors (Lipinski definition) is 3. The second-order valence-corrected chi connectivity index (χ2v) is 5.88. The van der Waals surface area contributed by atoms with Gasteiger partial charge in [0.05, 0.1) is 5.75 Å². The van der Waals surface area contributed by atoms with Crippen LogP contribution in [0.15, 0.2) is 0 Å². The minimum absolute atomic E-state index is 0.0272. The van der Waals surface area contributed by atoms with Gasteiger partial charge in [-0.1, -0.05) is 0 Å². The maximum Gasteiger partial charge on any atom is 0.215 e. The number of alkyl halides is 1. The SMILES string of the molecule is CSCCN(C)S(=O)(=O)CCCl. The van der Waals surface area contributed by atoms with Crippen LogP contribution in [0.3, 0.4) is 0 Å². The van der Waals surface area contributed by atoms with Gasteiger partial charge >= 0.3 is 0 Å². The van der Waals surface area contributed by atoms with Gasteiger partial charge in [0.25, 0.3) is 0 Å². The van der Waals surface area contributed by atoms with Crippen LogP contribution in [0.4, 0.5) is 0 Å². The van der Waals surface area contributed by atoms with Crippen LogP contribution in [-0.4, -0.2) is 50.0 Å². The molecule has 0 aliphatic rings. The molecule has 0 aromatic carbocycles. The Kier molecular flexibility index (Phi) is 6.35. The van der Waals surface area contributed by atoms with Crippen molar-refractivity contribution in [1.82, 2.24) is 4.31 Å². The first-order chi connectivity index (χ1) is 5.54. The molecule has 0 heterocycles. The first kappa shape index (κ1) is 12.6. The molecule has 0 aromatic heterocycles. The lowest BCUT2D eigenvalue weighted by atomic mass is 10.8. The molecule has 0 aliphatic heterocycles. The number of thioether (sulfide) groups is 1.